The molecular weight excluding hydrogens is 526 g/mol. The predicted octanol–water partition coefficient (Wildman–Crippen LogP) is 4.37. The molecule has 0 aliphatic carbocycles. The number of hydrogen-bond donors (Lipinski definition) is 2. The molecule has 1 aromatic carbocycles. The highest BCUT2D eigenvalue weighted by molar-refractivity contribution is 7.86. The number of halogens is 2. The van der Waals surface area contributed by atoms with Gasteiger partial charge >= 0.3 is 0 Å². The highest BCUT2D eigenvalue weighted by atomic mass is 32.2. The third-order valence-corrected chi connectivity index (χ3v) is 7.43. The van der Waals surface area contributed by atoms with Gasteiger partial charge in [0.25, 0.3) is 5.91 Å². The number of aromatic nitrogens is 4. The van der Waals surface area contributed by atoms with E-state index in [-0.39, 0.29) is 23.0 Å². The van der Waals surface area contributed by atoms with Gasteiger partial charge in [-0.15, -0.1) is 0 Å². The van der Waals surface area contributed by atoms with Gasteiger partial charge in [-0.1, -0.05) is 4.21 Å². The summed E-state index contributed by atoms with van der Waals surface area (Å²) in [6.07, 6.45) is 6.46. The molecule has 8 bridgehead atoms. The topological polar surface area (TPSA) is 119 Å². The van der Waals surface area contributed by atoms with Gasteiger partial charge in [-0.3, -0.25) is 14.8 Å². The first-order valence-corrected chi connectivity index (χ1v) is 12.9. The molecule has 0 saturated carbocycles. The number of methoxy groups -OCH3 is 1. The van der Waals surface area contributed by atoms with Crippen LogP contribution in [0.5, 0.6) is 5.88 Å². The lowest BCUT2D eigenvalue weighted by Crippen LogP contribution is -2.24. The van der Waals surface area contributed by atoms with Crippen molar-refractivity contribution in [2.75, 3.05) is 11.8 Å². The van der Waals surface area contributed by atoms with E-state index in [1.165, 1.54) is 7.11 Å². The monoisotopic (exact) mass is 545 g/mol. The molecular formula is C27H19F2N6O3S+. The fourth-order valence-electron chi connectivity index (χ4n) is 4.30. The number of ether oxygens (including phenoxy) is 1. The normalized spacial score (nSPS) is 14.7. The van der Waals surface area contributed by atoms with Crippen molar-refractivity contribution in [2.24, 2.45) is 0 Å². The summed E-state index contributed by atoms with van der Waals surface area (Å²) in [4.78, 5) is 30.3. The van der Waals surface area contributed by atoms with Gasteiger partial charge in [-0.05, 0) is 35.9 Å². The number of pyridine rings is 4. The standard InChI is InChI=1S/C27H18F2N6O3S/c1-38-27-23-7-16(13-33-27)21-2-3-22-25(34-21)17(4-5-31-22)15-6-14(10-30-12-15)11-32-26(36)18-8-24(39(37)35-23)20(29)9-19(18)28/h2-10,12-13H,11H2,1H3,(H,32,36)(H,35,37)/p+1. The number of nitrogens with one attached hydrogen (secondary N) is 2. The van der Waals surface area contributed by atoms with Crippen molar-refractivity contribution in [3.8, 4) is 28.3 Å². The highest BCUT2D eigenvalue weighted by Gasteiger charge is 2.25. The van der Waals surface area contributed by atoms with Gasteiger partial charge in [0.1, 0.15) is 11.5 Å². The van der Waals surface area contributed by atoms with Gasteiger partial charge in [0.05, 0.1) is 29.4 Å². The Kier molecular flexibility index (Phi) is 6.15. The second-order valence-corrected chi connectivity index (χ2v) is 9.95. The number of benzene rings is 1. The number of carbonyl (C=O) groups is 1. The van der Waals surface area contributed by atoms with Crippen LogP contribution in [0.25, 0.3) is 33.4 Å². The summed E-state index contributed by atoms with van der Waals surface area (Å²) in [7, 11) is -1.30. The summed E-state index contributed by atoms with van der Waals surface area (Å²) in [6, 6.07) is 10.3. The zero-order valence-corrected chi connectivity index (χ0v) is 21.2. The molecule has 1 unspecified atom stereocenters. The second kappa shape index (κ2) is 9.80. The number of carbonyl (C=O) groups excluding carboxylic acids is 1. The van der Waals surface area contributed by atoms with E-state index in [2.05, 4.69) is 25.0 Å². The van der Waals surface area contributed by atoms with Crippen LogP contribution in [0.1, 0.15) is 15.9 Å². The minimum absolute atomic E-state index is 0.0192. The summed E-state index contributed by atoms with van der Waals surface area (Å²) in [5.74, 6) is -2.85. The maximum absolute atomic E-state index is 14.7. The van der Waals surface area contributed by atoms with Crippen molar-refractivity contribution >= 4 is 33.6 Å². The maximum atomic E-state index is 14.7. The van der Waals surface area contributed by atoms with E-state index < -0.39 is 34.1 Å². The number of hydrogen-bond acceptors (Lipinski definition) is 7. The van der Waals surface area contributed by atoms with Gasteiger partial charge in [0.15, 0.2) is 16.8 Å². The molecule has 6 rings (SSSR count). The van der Waals surface area contributed by atoms with Crippen LogP contribution in [0.2, 0.25) is 0 Å². The van der Waals surface area contributed by atoms with Gasteiger partial charge in [0.2, 0.25) is 10.8 Å². The fraction of sp³-hybridized carbons (Fsp3) is 0.0741. The second-order valence-electron chi connectivity index (χ2n) is 8.66. The zero-order valence-electron chi connectivity index (χ0n) is 20.3. The van der Waals surface area contributed by atoms with E-state index in [4.69, 9.17) is 9.72 Å². The van der Waals surface area contributed by atoms with Gasteiger partial charge < -0.3 is 10.1 Å². The lowest BCUT2D eigenvalue weighted by atomic mass is 10.0. The Labute approximate surface area is 222 Å². The number of thiol groups is 1. The van der Waals surface area contributed by atoms with E-state index in [1.54, 1.807) is 36.9 Å². The smallest absolute Gasteiger partial charge is 0.254 e. The minimum Gasteiger partial charge on any atom is -0.479 e. The molecule has 12 heteroatoms. The van der Waals surface area contributed by atoms with Crippen molar-refractivity contribution in [1.29, 1.82) is 0 Å². The molecule has 1 aliphatic heterocycles. The van der Waals surface area contributed by atoms with Crippen molar-refractivity contribution in [3.63, 3.8) is 0 Å². The Bertz CT molecular complexity index is 1820. The lowest BCUT2D eigenvalue weighted by Gasteiger charge is -2.12. The Morgan fingerprint density at radius 2 is 1.82 bits per heavy atom. The summed E-state index contributed by atoms with van der Waals surface area (Å²) < 4.78 is 50.5. The van der Waals surface area contributed by atoms with Crippen LogP contribution in [-0.2, 0) is 21.7 Å². The quantitative estimate of drug-likeness (QED) is 0.237. The summed E-state index contributed by atoms with van der Waals surface area (Å²) in [5, 5.41) is 2.62. The summed E-state index contributed by atoms with van der Waals surface area (Å²) in [5.41, 5.74) is 4.26. The van der Waals surface area contributed by atoms with E-state index >= 15 is 0 Å². The molecule has 1 atom stereocenters. The molecule has 0 spiro atoms. The number of rotatable bonds is 1. The predicted molar refractivity (Wildman–Crippen MR) is 141 cm³/mol. The number of fused-ring (bicyclic) bond motifs is 9. The minimum atomic E-state index is -2.69. The Balaban J connectivity index is 1.58. The van der Waals surface area contributed by atoms with Crippen LogP contribution in [0, 0.1) is 11.6 Å². The van der Waals surface area contributed by atoms with Crippen LogP contribution in [0.4, 0.5) is 14.5 Å². The van der Waals surface area contributed by atoms with E-state index in [9.17, 15) is 17.8 Å². The molecule has 5 heterocycles. The van der Waals surface area contributed by atoms with Crippen molar-refractivity contribution < 1.29 is 22.5 Å². The van der Waals surface area contributed by atoms with Crippen LogP contribution >= 0.6 is 0 Å². The number of nitrogens with zero attached hydrogens (tertiary/aromatic N) is 4. The average molecular weight is 546 g/mol. The van der Waals surface area contributed by atoms with Gasteiger partial charge in [0, 0.05) is 60.2 Å². The first kappa shape index (κ1) is 24.5. The van der Waals surface area contributed by atoms with Crippen LogP contribution < -0.4 is 14.8 Å². The maximum Gasteiger partial charge on any atom is 0.254 e. The zero-order chi connectivity index (χ0) is 27.1. The van der Waals surface area contributed by atoms with Crippen molar-refractivity contribution in [1.82, 2.24) is 25.3 Å². The summed E-state index contributed by atoms with van der Waals surface area (Å²) in [6.45, 7) is 0.0192. The lowest BCUT2D eigenvalue weighted by molar-refractivity contribution is 0.0946. The van der Waals surface area contributed by atoms with Crippen molar-refractivity contribution in [2.45, 2.75) is 11.4 Å². The van der Waals surface area contributed by atoms with Crippen molar-refractivity contribution in [3.05, 3.63) is 90.0 Å². The third kappa shape index (κ3) is 4.55. The molecule has 2 N–H and O–H groups in total. The molecule has 0 saturated heterocycles. The largest absolute Gasteiger partial charge is 0.479 e. The first-order chi connectivity index (χ1) is 18.9. The number of amides is 1. The molecule has 194 valence electrons. The van der Waals surface area contributed by atoms with Crippen LogP contribution in [-0.4, -0.2) is 33.0 Å². The number of anilines is 1. The van der Waals surface area contributed by atoms with E-state index in [1.807, 2.05) is 18.2 Å². The molecule has 39 heavy (non-hydrogen) atoms. The van der Waals surface area contributed by atoms with Crippen LogP contribution in [0.3, 0.4) is 0 Å². The fourth-order valence-corrected chi connectivity index (χ4v) is 5.30. The molecule has 5 aromatic rings. The van der Waals surface area contributed by atoms with E-state index in [0.29, 0.717) is 33.9 Å². The molecule has 0 radical (unpaired) electrons. The third-order valence-electron chi connectivity index (χ3n) is 6.21. The van der Waals surface area contributed by atoms with Gasteiger partial charge in [-0.2, -0.15) is 4.72 Å². The first-order valence-electron chi connectivity index (χ1n) is 11.7. The Morgan fingerprint density at radius 3 is 2.67 bits per heavy atom. The molecule has 1 aliphatic rings. The Morgan fingerprint density at radius 1 is 0.949 bits per heavy atom. The molecule has 0 fully saturated rings. The van der Waals surface area contributed by atoms with Gasteiger partial charge in [-0.25, -0.2) is 18.7 Å². The highest BCUT2D eigenvalue weighted by Crippen LogP contribution is 2.32. The molecule has 1 amide bonds. The molecule has 9 nitrogen and oxygen atoms in total. The Hall–Kier alpha value is -4.84. The molecule has 4 aromatic heterocycles. The SMILES string of the molecule is COc1ncc2cc1N[SH+](=O)c1cc(c(F)cc1F)C(=O)NCc1cncc(c1)-c1ccnc3ccc-2nc13. The average Bonchev–Trinajstić information content (AvgIpc) is 2.95. The van der Waals surface area contributed by atoms with Crippen LogP contribution in [0.15, 0.2) is 72.1 Å². The summed E-state index contributed by atoms with van der Waals surface area (Å²) >= 11 is 0. The van der Waals surface area contributed by atoms with E-state index in [0.717, 1.165) is 17.2 Å².